The average Bonchev–Trinajstić information content (AvgIpc) is 2.43. The van der Waals surface area contributed by atoms with E-state index in [0.717, 1.165) is 19.3 Å². The van der Waals surface area contributed by atoms with Gasteiger partial charge in [-0.2, -0.15) is 0 Å². The Morgan fingerprint density at radius 2 is 2.13 bits per heavy atom. The molecule has 88 valence electrons. The zero-order valence-electron chi connectivity index (χ0n) is 8.69. The van der Waals surface area contributed by atoms with Crippen LogP contribution in [0.1, 0.15) is 25.7 Å². The van der Waals surface area contributed by atoms with E-state index in [1.54, 1.807) is 4.90 Å². The third kappa shape index (κ3) is 2.42. The second-order valence-electron chi connectivity index (χ2n) is 4.34. The van der Waals surface area contributed by atoms with Crippen molar-refractivity contribution in [1.29, 1.82) is 0 Å². The fourth-order valence-electron chi connectivity index (χ4n) is 2.24. The highest BCUT2D eigenvalue weighted by Gasteiger charge is 2.38. The van der Waals surface area contributed by atoms with Gasteiger partial charge in [-0.3, -0.25) is 4.79 Å². The van der Waals surface area contributed by atoms with Crippen LogP contribution in [0.25, 0.3) is 0 Å². The predicted molar refractivity (Wildman–Crippen MR) is 58.7 cm³/mol. The number of nitrogens with two attached hydrogens (primary N) is 1. The van der Waals surface area contributed by atoms with Gasteiger partial charge in [0.15, 0.2) is 0 Å². The Hall–Kier alpha value is -0.350. The first kappa shape index (κ1) is 12.7. The van der Waals surface area contributed by atoms with Crippen LogP contribution in [0, 0.1) is 5.92 Å². The van der Waals surface area contributed by atoms with Crippen molar-refractivity contribution in [2.24, 2.45) is 11.7 Å². The lowest BCUT2D eigenvalue weighted by Gasteiger charge is -2.32. The van der Waals surface area contributed by atoms with E-state index in [-0.39, 0.29) is 36.8 Å². The minimum atomic E-state index is -0.868. The van der Waals surface area contributed by atoms with Crippen molar-refractivity contribution >= 4 is 18.3 Å². The third-order valence-electron chi connectivity index (χ3n) is 3.37. The lowest BCUT2D eigenvalue weighted by molar-refractivity contribution is -0.139. The highest BCUT2D eigenvalue weighted by Crippen LogP contribution is 2.31. The monoisotopic (exact) mass is 236 g/mol. The van der Waals surface area contributed by atoms with E-state index < -0.39 is 6.17 Å². The fourth-order valence-corrected chi connectivity index (χ4v) is 2.24. The van der Waals surface area contributed by atoms with Crippen LogP contribution in [0.5, 0.6) is 0 Å². The fraction of sp³-hybridized carbons (Fsp3) is 0.900. The molecule has 0 unspecified atom stereocenters. The van der Waals surface area contributed by atoms with Crippen LogP contribution in [0.4, 0.5) is 4.39 Å². The molecule has 1 aliphatic heterocycles. The summed E-state index contributed by atoms with van der Waals surface area (Å²) in [5.74, 6) is 0.293. The maximum atomic E-state index is 13.1. The summed E-state index contributed by atoms with van der Waals surface area (Å²) in [5, 5.41) is 0. The molecule has 1 heterocycles. The van der Waals surface area contributed by atoms with Gasteiger partial charge in [0.05, 0.1) is 6.54 Å². The Morgan fingerprint density at radius 3 is 2.60 bits per heavy atom. The van der Waals surface area contributed by atoms with Crippen LogP contribution in [-0.4, -0.2) is 36.1 Å². The van der Waals surface area contributed by atoms with Gasteiger partial charge in [-0.25, -0.2) is 4.39 Å². The van der Waals surface area contributed by atoms with E-state index in [4.69, 9.17) is 5.73 Å². The molecule has 2 aliphatic rings. The second kappa shape index (κ2) is 5.12. The Balaban J connectivity index is 0.00000112. The van der Waals surface area contributed by atoms with Crippen molar-refractivity contribution in [3.8, 4) is 0 Å². The smallest absolute Gasteiger partial charge is 0.226 e. The normalized spacial score (nSPS) is 30.9. The van der Waals surface area contributed by atoms with Crippen LogP contribution in [0.2, 0.25) is 0 Å². The van der Waals surface area contributed by atoms with E-state index in [9.17, 15) is 9.18 Å². The molecule has 1 amide bonds. The molecule has 1 aliphatic carbocycles. The van der Waals surface area contributed by atoms with Gasteiger partial charge < -0.3 is 10.6 Å². The molecule has 0 aromatic heterocycles. The number of nitrogens with zero attached hydrogens (tertiary/aromatic N) is 1. The number of hydrogen-bond acceptors (Lipinski definition) is 2. The first-order valence-electron chi connectivity index (χ1n) is 5.37. The minimum absolute atomic E-state index is 0. The van der Waals surface area contributed by atoms with E-state index in [1.165, 1.54) is 0 Å². The number of amides is 1. The summed E-state index contributed by atoms with van der Waals surface area (Å²) in [7, 11) is 0. The van der Waals surface area contributed by atoms with Crippen LogP contribution in [-0.2, 0) is 4.79 Å². The van der Waals surface area contributed by atoms with Crippen molar-refractivity contribution < 1.29 is 9.18 Å². The number of alkyl halides is 1. The summed E-state index contributed by atoms with van der Waals surface area (Å²) in [5.41, 5.74) is 5.52. The Morgan fingerprint density at radius 1 is 1.47 bits per heavy atom. The molecule has 2 atom stereocenters. The maximum Gasteiger partial charge on any atom is 0.226 e. The second-order valence-corrected chi connectivity index (χ2v) is 4.34. The van der Waals surface area contributed by atoms with Crippen molar-refractivity contribution in [2.75, 3.05) is 13.1 Å². The SMILES string of the molecule is Cl.NC[C@@H]1C[C@@H](F)CN1C(=O)C1CCC1. The topological polar surface area (TPSA) is 46.3 Å². The molecule has 5 heteroatoms. The molecule has 3 nitrogen and oxygen atoms in total. The van der Waals surface area contributed by atoms with Crippen LogP contribution in [0.3, 0.4) is 0 Å². The zero-order chi connectivity index (χ0) is 10.1. The number of hydrogen-bond donors (Lipinski definition) is 1. The van der Waals surface area contributed by atoms with Crippen molar-refractivity contribution in [1.82, 2.24) is 4.90 Å². The summed E-state index contributed by atoms with van der Waals surface area (Å²) in [6.45, 7) is 0.649. The summed E-state index contributed by atoms with van der Waals surface area (Å²) in [6.07, 6.45) is 2.64. The molecule has 2 N–H and O–H groups in total. The summed E-state index contributed by atoms with van der Waals surface area (Å²) < 4.78 is 13.1. The summed E-state index contributed by atoms with van der Waals surface area (Å²) in [6, 6.07) is -0.0573. The lowest BCUT2D eigenvalue weighted by atomic mass is 9.84. The zero-order valence-corrected chi connectivity index (χ0v) is 9.51. The van der Waals surface area contributed by atoms with Gasteiger partial charge in [0.1, 0.15) is 6.17 Å². The van der Waals surface area contributed by atoms with Crippen molar-refractivity contribution in [3.05, 3.63) is 0 Å². The molecule has 2 rings (SSSR count). The first-order chi connectivity index (χ1) is 6.72. The third-order valence-corrected chi connectivity index (χ3v) is 3.37. The minimum Gasteiger partial charge on any atom is -0.335 e. The molecule has 15 heavy (non-hydrogen) atoms. The van der Waals surface area contributed by atoms with Gasteiger partial charge in [0.25, 0.3) is 0 Å². The van der Waals surface area contributed by atoms with Crippen molar-refractivity contribution in [3.63, 3.8) is 0 Å². The van der Waals surface area contributed by atoms with E-state index in [0.29, 0.717) is 13.0 Å². The Labute approximate surface area is 95.6 Å². The van der Waals surface area contributed by atoms with E-state index >= 15 is 0 Å². The molecule has 0 spiro atoms. The van der Waals surface area contributed by atoms with E-state index in [2.05, 4.69) is 0 Å². The summed E-state index contributed by atoms with van der Waals surface area (Å²) in [4.78, 5) is 13.5. The Kier molecular flexibility index (Phi) is 4.34. The van der Waals surface area contributed by atoms with Gasteiger partial charge >= 0.3 is 0 Å². The van der Waals surface area contributed by atoms with Crippen LogP contribution in [0.15, 0.2) is 0 Å². The van der Waals surface area contributed by atoms with Gasteiger partial charge in [-0.15, -0.1) is 12.4 Å². The van der Waals surface area contributed by atoms with Gasteiger partial charge in [-0.05, 0) is 12.8 Å². The molecular weight excluding hydrogens is 219 g/mol. The van der Waals surface area contributed by atoms with Gasteiger partial charge in [-0.1, -0.05) is 6.42 Å². The Bertz CT molecular complexity index is 235. The quantitative estimate of drug-likeness (QED) is 0.781. The molecule has 0 radical (unpaired) electrons. The summed E-state index contributed by atoms with van der Waals surface area (Å²) >= 11 is 0. The largest absolute Gasteiger partial charge is 0.335 e. The number of halogens is 2. The average molecular weight is 237 g/mol. The number of likely N-dealkylation sites (tertiary alicyclic amines) is 1. The molecule has 1 saturated carbocycles. The molecule has 0 aromatic rings. The predicted octanol–water partition coefficient (Wildman–Crippen LogP) is 1.11. The van der Waals surface area contributed by atoms with E-state index in [1.807, 2.05) is 0 Å². The number of carbonyl (C=O) groups excluding carboxylic acids is 1. The van der Waals surface area contributed by atoms with Crippen LogP contribution >= 0.6 is 12.4 Å². The number of rotatable bonds is 2. The molecule has 1 saturated heterocycles. The maximum absolute atomic E-state index is 13.1. The van der Waals surface area contributed by atoms with Gasteiger partial charge in [0.2, 0.25) is 5.91 Å². The van der Waals surface area contributed by atoms with Crippen molar-refractivity contribution in [2.45, 2.75) is 37.9 Å². The molecular formula is C10H18ClFN2O. The standard InChI is InChI=1S/C10H17FN2O.ClH/c11-8-4-9(5-12)13(6-8)10(14)7-2-1-3-7;/h7-9H,1-6,12H2;1H/t8-,9+;/m1./s1. The lowest BCUT2D eigenvalue weighted by Crippen LogP contribution is -2.44. The molecule has 0 aromatic carbocycles. The highest BCUT2D eigenvalue weighted by molar-refractivity contribution is 5.85. The molecule has 0 bridgehead atoms. The highest BCUT2D eigenvalue weighted by atomic mass is 35.5. The molecule has 2 fully saturated rings. The van der Waals surface area contributed by atoms with Gasteiger partial charge in [0, 0.05) is 24.9 Å². The first-order valence-corrected chi connectivity index (χ1v) is 5.37. The van der Waals surface area contributed by atoms with Crippen LogP contribution < -0.4 is 5.73 Å². The number of carbonyl (C=O) groups is 1.